The van der Waals surface area contributed by atoms with Crippen LogP contribution in [-0.4, -0.2) is 16.8 Å². The van der Waals surface area contributed by atoms with Gasteiger partial charge in [0.05, 0.1) is 0 Å². The minimum absolute atomic E-state index is 0.0475. The minimum atomic E-state index is -0.799. The fourth-order valence-corrected chi connectivity index (χ4v) is 3.05. The highest BCUT2D eigenvalue weighted by molar-refractivity contribution is 7.13. The van der Waals surface area contributed by atoms with Crippen LogP contribution in [0.3, 0.4) is 0 Å². The van der Waals surface area contributed by atoms with Crippen LogP contribution in [0.15, 0.2) is 41.8 Å². The number of amides is 2. The number of carbonyl (C=O) groups is 2. The minimum Gasteiger partial charge on any atom is -0.366 e. The maximum atomic E-state index is 13.9. The van der Waals surface area contributed by atoms with E-state index in [0.29, 0.717) is 10.6 Å². The monoisotopic (exact) mass is 373 g/mol. The summed E-state index contributed by atoms with van der Waals surface area (Å²) >= 11 is 1.22. The zero-order valence-electron chi connectivity index (χ0n) is 13.5. The lowest BCUT2D eigenvalue weighted by Crippen LogP contribution is -2.16. The topological polar surface area (TPSA) is 85.1 Å². The van der Waals surface area contributed by atoms with Gasteiger partial charge in [-0.05, 0) is 43.3 Å². The van der Waals surface area contributed by atoms with Gasteiger partial charge in [0, 0.05) is 27.8 Å². The summed E-state index contributed by atoms with van der Waals surface area (Å²) in [5, 5.41) is 4.62. The highest BCUT2D eigenvalue weighted by Gasteiger charge is 2.16. The molecule has 0 fully saturated rings. The number of rotatable bonds is 4. The van der Waals surface area contributed by atoms with E-state index in [1.165, 1.54) is 41.8 Å². The van der Waals surface area contributed by atoms with Crippen LogP contribution in [0.5, 0.6) is 0 Å². The van der Waals surface area contributed by atoms with Crippen molar-refractivity contribution in [2.45, 2.75) is 6.92 Å². The summed E-state index contributed by atoms with van der Waals surface area (Å²) in [4.78, 5) is 27.9. The molecule has 26 heavy (non-hydrogen) atoms. The summed E-state index contributed by atoms with van der Waals surface area (Å²) in [5.74, 6) is -2.37. The van der Waals surface area contributed by atoms with Crippen molar-refractivity contribution in [2.75, 3.05) is 5.32 Å². The van der Waals surface area contributed by atoms with Crippen molar-refractivity contribution in [3.63, 3.8) is 0 Å². The van der Waals surface area contributed by atoms with Crippen LogP contribution in [0.1, 0.15) is 26.4 Å². The van der Waals surface area contributed by atoms with Crippen molar-refractivity contribution in [3.8, 4) is 10.6 Å². The third-order valence-electron chi connectivity index (χ3n) is 3.71. The third kappa shape index (κ3) is 3.60. The van der Waals surface area contributed by atoms with Crippen LogP contribution < -0.4 is 11.1 Å². The number of aromatic nitrogens is 1. The molecule has 0 aliphatic heterocycles. The molecule has 5 nitrogen and oxygen atoms in total. The molecule has 0 unspecified atom stereocenters. The van der Waals surface area contributed by atoms with E-state index in [-0.39, 0.29) is 28.3 Å². The van der Waals surface area contributed by atoms with E-state index in [9.17, 15) is 18.4 Å². The molecule has 0 atom stereocenters. The van der Waals surface area contributed by atoms with Gasteiger partial charge in [-0.25, -0.2) is 13.8 Å². The number of nitrogens with one attached hydrogen (secondary N) is 1. The molecule has 3 rings (SSSR count). The Labute approximate surface area is 151 Å². The lowest BCUT2D eigenvalue weighted by atomic mass is 10.1. The first kappa shape index (κ1) is 17.7. The van der Waals surface area contributed by atoms with Crippen molar-refractivity contribution in [1.29, 1.82) is 0 Å². The quantitative estimate of drug-likeness (QED) is 0.730. The normalized spacial score (nSPS) is 10.6. The number of hydrogen-bond acceptors (Lipinski definition) is 4. The Balaban J connectivity index is 1.85. The predicted molar refractivity (Wildman–Crippen MR) is 95.1 cm³/mol. The molecule has 8 heteroatoms. The number of nitrogens with zero attached hydrogens (tertiary/aromatic N) is 1. The summed E-state index contributed by atoms with van der Waals surface area (Å²) in [7, 11) is 0. The molecule has 0 aliphatic carbocycles. The van der Waals surface area contributed by atoms with Crippen molar-refractivity contribution in [2.24, 2.45) is 5.73 Å². The summed E-state index contributed by atoms with van der Waals surface area (Å²) in [5.41, 5.74) is 6.23. The first-order valence-electron chi connectivity index (χ1n) is 7.48. The van der Waals surface area contributed by atoms with E-state index < -0.39 is 17.6 Å². The molecule has 3 N–H and O–H groups in total. The first-order chi connectivity index (χ1) is 12.3. The number of carbonyl (C=O) groups excluding carboxylic acids is 2. The van der Waals surface area contributed by atoms with Crippen LogP contribution in [0, 0.1) is 18.6 Å². The Morgan fingerprint density at radius 2 is 1.85 bits per heavy atom. The van der Waals surface area contributed by atoms with Crippen LogP contribution in [0.4, 0.5) is 14.5 Å². The molecule has 0 spiro atoms. The van der Waals surface area contributed by atoms with Gasteiger partial charge in [-0.3, -0.25) is 9.59 Å². The van der Waals surface area contributed by atoms with Crippen LogP contribution >= 0.6 is 11.3 Å². The molecule has 1 aromatic heterocycles. The van der Waals surface area contributed by atoms with Gasteiger partial charge in [-0.2, -0.15) is 0 Å². The Morgan fingerprint density at radius 1 is 1.15 bits per heavy atom. The molecule has 0 bridgehead atoms. The van der Waals surface area contributed by atoms with Gasteiger partial charge < -0.3 is 11.1 Å². The van der Waals surface area contributed by atoms with Gasteiger partial charge in [-0.15, -0.1) is 11.3 Å². The summed E-state index contributed by atoms with van der Waals surface area (Å²) in [6.45, 7) is 1.47. The maximum absolute atomic E-state index is 13.9. The molecule has 0 saturated carbocycles. The molecule has 3 aromatic rings. The van der Waals surface area contributed by atoms with E-state index in [2.05, 4.69) is 10.3 Å². The average Bonchev–Trinajstić information content (AvgIpc) is 3.09. The molecule has 0 aliphatic rings. The molecule has 0 radical (unpaired) electrons. The number of nitrogens with two attached hydrogens (primary N) is 1. The lowest BCUT2D eigenvalue weighted by molar-refractivity contribution is 0.0995. The smallest absolute Gasteiger partial charge is 0.275 e. The van der Waals surface area contributed by atoms with Gasteiger partial charge in [-0.1, -0.05) is 0 Å². The second-order valence-corrected chi connectivity index (χ2v) is 6.35. The summed E-state index contributed by atoms with van der Waals surface area (Å²) in [6.07, 6.45) is 0. The molecule has 1 heterocycles. The predicted octanol–water partition coefficient (Wildman–Crippen LogP) is 3.75. The SMILES string of the molecule is Cc1c(F)cc(C(N)=O)cc1NC(=O)c1csc(-c2ccc(F)cc2)n1. The van der Waals surface area contributed by atoms with Crippen molar-refractivity contribution < 1.29 is 18.4 Å². The zero-order chi connectivity index (χ0) is 18.8. The molecule has 132 valence electrons. The summed E-state index contributed by atoms with van der Waals surface area (Å²) in [6, 6.07) is 8.06. The second kappa shape index (κ2) is 7.01. The Morgan fingerprint density at radius 3 is 2.50 bits per heavy atom. The number of anilines is 1. The van der Waals surface area contributed by atoms with Crippen molar-refractivity contribution in [3.05, 3.63) is 70.2 Å². The highest BCUT2D eigenvalue weighted by Crippen LogP contribution is 2.25. The largest absolute Gasteiger partial charge is 0.366 e. The fourth-order valence-electron chi connectivity index (χ4n) is 2.24. The van der Waals surface area contributed by atoms with E-state index in [1.54, 1.807) is 12.1 Å². The number of hydrogen-bond donors (Lipinski definition) is 2. The fraction of sp³-hybridized carbons (Fsp3) is 0.0556. The maximum Gasteiger partial charge on any atom is 0.275 e. The zero-order valence-corrected chi connectivity index (χ0v) is 14.4. The van der Waals surface area contributed by atoms with E-state index >= 15 is 0 Å². The molecular formula is C18H13F2N3O2S. The lowest BCUT2D eigenvalue weighted by Gasteiger charge is -2.09. The van der Waals surface area contributed by atoms with Crippen molar-refractivity contribution in [1.82, 2.24) is 4.98 Å². The average molecular weight is 373 g/mol. The number of halogens is 2. The van der Waals surface area contributed by atoms with Gasteiger partial charge in [0.15, 0.2) is 0 Å². The molecule has 2 aromatic carbocycles. The van der Waals surface area contributed by atoms with Crippen LogP contribution in [-0.2, 0) is 0 Å². The molecule has 0 saturated heterocycles. The van der Waals surface area contributed by atoms with E-state index in [4.69, 9.17) is 5.73 Å². The Bertz CT molecular complexity index is 1000. The number of benzene rings is 2. The second-order valence-electron chi connectivity index (χ2n) is 5.49. The number of thiazole rings is 1. The van der Waals surface area contributed by atoms with Crippen LogP contribution in [0.25, 0.3) is 10.6 Å². The molecular weight excluding hydrogens is 360 g/mol. The first-order valence-corrected chi connectivity index (χ1v) is 8.36. The Kier molecular flexibility index (Phi) is 4.77. The van der Waals surface area contributed by atoms with Crippen molar-refractivity contribution >= 4 is 28.8 Å². The molecule has 2 amide bonds. The number of primary amides is 1. The van der Waals surface area contributed by atoms with E-state index in [0.717, 1.165) is 6.07 Å². The Hall–Kier alpha value is -3.13. The van der Waals surface area contributed by atoms with Gasteiger partial charge in [0.25, 0.3) is 5.91 Å². The third-order valence-corrected chi connectivity index (χ3v) is 4.60. The van der Waals surface area contributed by atoms with Crippen LogP contribution in [0.2, 0.25) is 0 Å². The van der Waals surface area contributed by atoms with Gasteiger partial charge in [0.1, 0.15) is 22.3 Å². The van der Waals surface area contributed by atoms with Gasteiger partial charge >= 0.3 is 0 Å². The highest BCUT2D eigenvalue weighted by atomic mass is 32.1. The van der Waals surface area contributed by atoms with E-state index in [1.807, 2.05) is 0 Å². The standard InChI is InChI=1S/C18H13F2N3O2S/c1-9-13(20)6-11(16(21)24)7-14(9)22-17(25)15-8-26-18(23-15)10-2-4-12(19)5-3-10/h2-8H,1H3,(H2,21,24)(H,22,25). The summed E-state index contributed by atoms with van der Waals surface area (Å²) < 4.78 is 26.9. The van der Waals surface area contributed by atoms with Gasteiger partial charge in [0.2, 0.25) is 5.91 Å².